The summed E-state index contributed by atoms with van der Waals surface area (Å²) in [5.74, 6) is -4.15. The molecule has 0 aliphatic carbocycles. The summed E-state index contributed by atoms with van der Waals surface area (Å²) in [4.78, 5) is 84.6. The first-order valence-corrected chi connectivity index (χ1v) is 24.3. The molecule has 0 heterocycles. The van der Waals surface area contributed by atoms with Gasteiger partial charge in [-0.25, -0.2) is 4.79 Å². The molecule has 0 saturated heterocycles. The molecule has 376 valence electrons. The molecule has 67 heavy (non-hydrogen) atoms. The van der Waals surface area contributed by atoms with Crippen LogP contribution >= 0.6 is 11.8 Å². The fraction of sp³-hybridized carbons (Fsp3) is 0.604. The fourth-order valence-electron chi connectivity index (χ4n) is 6.63. The number of unbranched alkanes of at least 4 members (excludes halogenated alkanes) is 1. The maximum atomic E-state index is 14.2. The molecule has 15 N–H and O–H groups in total. The Kier molecular flexibility index (Phi) is 29.5. The number of carboxylic acid groups (broad SMARTS) is 1. The largest absolute Gasteiger partial charge is 0.508 e. The van der Waals surface area contributed by atoms with Crippen LogP contribution in [-0.4, -0.2) is 113 Å². The molecular formula is C48H80N10O8S. The molecule has 1 aromatic rings. The molecule has 0 saturated carbocycles. The van der Waals surface area contributed by atoms with Crippen molar-refractivity contribution in [3.8, 4) is 5.75 Å². The number of guanidine groups is 1. The van der Waals surface area contributed by atoms with Crippen molar-refractivity contribution in [3.63, 3.8) is 0 Å². The number of nitrogens with two attached hydrogens (primary N) is 4. The van der Waals surface area contributed by atoms with E-state index in [1.54, 1.807) is 12.1 Å². The molecule has 1 rings (SSSR count). The number of hydrogen-bond donors (Lipinski definition) is 11. The number of aliphatic carboxylic acids is 1. The van der Waals surface area contributed by atoms with Crippen LogP contribution in [0.3, 0.4) is 0 Å². The first kappa shape index (κ1) is 59.6. The Morgan fingerprint density at radius 2 is 1.24 bits per heavy atom. The van der Waals surface area contributed by atoms with Gasteiger partial charge in [0.2, 0.25) is 29.5 Å². The molecule has 0 unspecified atom stereocenters. The van der Waals surface area contributed by atoms with Crippen LogP contribution in [0, 0.1) is 5.92 Å². The lowest BCUT2D eigenvalue weighted by Crippen LogP contribution is -2.59. The van der Waals surface area contributed by atoms with E-state index < -0.39 is 71.8 Å². The number of nitrogens with one attached hydrogen (secondary N) is 5. The van der Waals surface area contributed by atoms with Gasteiger partial charge in [0, 0.05) is 24.5 Å². The molecule has 18 nitrogen and oxygen atoms in total. The van der Waals surface area contributed by atoms with E-state index in [2.05, 4.69) is 70.6 Å². The quantitative estimate of drug-likeness (QED) is 0.0209. The molecule has 0 aromatic heterocycles. The lowest BCUT2D eigenvalue weighted by atomic mass is 10.0. The summed E-state index contributed by atoms with van der Waals surface area (Å²) in [5.41, 5.74) is 27.1. The van der Waals surface area contributed by atoms with E-state index >= 15 is 0 Å². The Morgan fingerprint density at radius 3 is 1.81 bits per heavy atom. The van der Waals surface area contributed by atoms with E-state index in [9.17, 15) is 39.0 Å². The van der Waals surface area contributed by atoms with Crippen LogP contribution in [0.1, 0.15) is 118 Å². The van der Waals surface area contributed by atoms with Crippen molar-refractivity contribution in [1.82, 2.24) is 26.6 Å². The second kappa shape index (κ2) is 33.1. The number of carbonyl (C=O) groups excluding carboxylic acids is 5. The van der Waals surface area contributed by atoms with E-state index in [1.807, 2.05) is 20.8 Å². The van der Waals surface area contributed by atoms with Gasteiger partial charge < -0.3 is 59.7 Å². The summed E-state index contributed by atoms with van der Waals surface area (Å²) in [6.45, 7) is 14.1. The van der Waals surface area contributed by atoms with Crippen LogP contribution in [0.5, 0.6) is 5.75 Å². The van der Waals surface area contributed by atoms with Crippen LogP contribution in [0.15, 0.2) is 64.2 Å². The number of carboxylic acids is 1. The highest BCUT2D eigenvalue weighted by atomic mass is 32.2. The molecule has 19 heteroatoms. The van der Waals surface area contributed by atoms with Crippen LogP contribution in [0.2, 0.25) is 0 Å². The van der Waals surface area contributed by atoms with Crippen molar-refractivity contribution in [2.75, 3.05) is 24.6 Å². The summed E-state index contributed by atoms with van der Waals surface area (Å²) in [7, 11) is 0. The fourth-order valence-corrected chi connectivity index (χ4v) is 7.63. The minimum absolute atomic E-state index is 0.0255. The maximum absolute atomic E-state index is 14.2. The summed E-state index contributed by atoms with van der Waals surface area (Å²) < 4.78 is 0. The lowest BCUT2D eigenvalue weighted by Gasteiger charge is -2.27. The standard InChI is InChI=1S/C48H80N10O8S/c1-30(2)13-10-14-32(5)15-11-16-33(6)23-26-67-29-41(47(65)66)58-45(63)38(17-8-9-24-49)56-46(64)40(28-35-19-21-36(59)22-20-35)57-44(62)39(18-12-25-53-48(51)52)55-42(60)34(7)54-43(61)37(50)27-31(3)4/h13,15,19-23,31,34,37-41,59H,8-12,14,16-18,24-29,49-50H2,1-7H3,(H,54,61)(H,55,60)(H,56,64)(H,57,62)(H,58,63)(H,65,66)(H4,51,52,53)/b32-15+,33-23+/t34-,37-,38-,39-,40-,41-/m0/s1. The number of amides is 5. The molecule has 0 bridgehead atoms. The molecule has 0 aliphatic heterocycles. The third-order valence-electron chi connectivity index (χ3n) is 10.6. The van der Waals surface area contributed by atoms with Crippen molar-refractivity contribution in [1.29, 1.82) is 0 Å². The lowest BCUT2D eigenvalue weighted by molar-refractivity contribution is -0.141. The van der Waals surface area contributed by atoms with Gasteiger partial charge in [-0.05, 0) is 129 Å². The Balaban J connectivity index is 3.28. The van der Waals surface area contributed by atoms with Gasteiger partial charge in [-0.3, -0.25) is 29.0 Å². The molecule has 0 spiro atoms. The summed E-state index contributed by atoms with van der Waals surface area (Å²) in [6, 6.07) is -1.00. The SMILES string of the molecule is CC(C)=CCC/C(C)=C/CC/C(C)=C/CSC[C@H](NC(=O)[C@H](CCCCN)NC(=O)[C@H](Cc1ccc(O)cc1)NC(=O)[C@H](CCCN=C(N)N)NC(=O)[C@H](C)NC(=O)[C@@H](N)CC(C)C)C(=O)O. The van der Waals surface area contributed by atoms with Gasteiger partial charge in [-0.1, -0.05) is 60.9 Å². The average molecular weight is 957 g/mol. The monoisotopic (exact) mass is 957 g/mol. The summed E-state index contributed by atoms with van der Waals surface area (Å²) in [5, 5.41) is 33.3. The number of benzene rings is 1. The number of rotatable bonds is 33. The zero-order valence-electron chi connectivity index (χ0n) is 40.7. The highest BCUT2D eigenvalue weighted by Gasteiger charge is 2.32. The van der Waals surface area contributed by atoms with Gasteiger partial charge in [-0.2, -0.15) is 11.8 Å². The predicted octanol–water partition coefficient (Wildman–Crippen LogP) is 3.17. The highest BCUT2D eigenvalue weighted by Crippen LogP contribution is 2.15. The van der Waals surface area contributed by atoms with Crippen molar-refractivity contribution < 1.29 is 39.0 Å². The third-order valence-corrected chi connectivity index (χ3v) is 11.5. The van der Waals surface area contributed by atoms with E-state index in [0.717, 1.165) is 25.7 Å². The highest BCUT2D eigenvalue weighted by molar-refractivity contribution is 7.99. The van der Waals surface area contributed by atoms with Gasteiger partial charge in [0.1, 0.15) is 36.0 Å². The van der Waals surface area contributed by atoms with Crippen LogP contribution in [-0.2, 0) is 35.2 Å². The Morgan fingerprint density at radius 1 is 0.701 bits per heavy atom. The number of hydrogen-bond acceptors (Lipinski definition) is 11. The number of phenolic OH excluding ortho intramolecular Hbond substituents is 1. The van der Waals surface area contributed by atoms with Gasteiger partial charge in [0.05, 0.1) is 6.04 Å². The van der Waals surface area contributed by atoms with Crippen LogP contribution < -0.4 is 49.5 Å². The molecular weight excluding hydrogens is 877 g/mol. The van der Waals surface area contributed by atoms with Gasteiger partial charge in [0.15, 0.2) is 5.96 Å². The van der Waals surface area contributed by atoms with Crippen molar-refractivity contribution in [2.24, 2.45) is 33.8 Å². The zero-order chi connectivity index (χ0) is 50.5. The first-order chi connectivity index (χ1) is 31.6. The number of allylic oxidation sites excluding steroid dienone is 5. The normalized spacial score (nSPS) is 14.4. The van der Waals surface area contributed by atoms with Crippen molar-refractivity contribution >= 4 is 53.2 Å². The number of phenols is 1. The summed E-state index contributed by atoms with van der Waals surface area (Å²) >= 11 is 1.36. The number of nitrogens with zero attached hydrogens (tertiary/aromatic N) is 1. The molecule has 0 fully saturated rings. The van der Waals surface area contributed by atoms with Crippen LogP contribution in [0.4, 0.5) is 0 Å². The topological polar surface area (TPSA) is 319 Å². The minimum Gasteiger partial charge on any atom is -0.508 e. The molecule has 0 aliphatic rings. The Hall–Kier alpha value is -5.40. The number of aliphatic imine (C=N–C) groups is 1. The smallest absolute Gasteiger partial charge is 0.327 e. The van der Waals surface area contributed by atoms with E-state index in [1.165, 1.54) is 47.5 Å². The zero-order valence-corrected chi connectivity index (χ0v) is 41.5. The first-order valence-electron chi connectivity index (χ1n) is 23.2. The van der Waals surface area contributed by atoms with E-state index in [-0.39, 0.29) is 55.6 Å². The van der Waals surface area contributed by atoms with E-state index in [4.69, 9.17) is 22.9 Å². The molecule has 5 amide bonds. The second-order valence-electron chi connectivity index (χ2n) is 17.7. The van der Waals surface area contributed by atoms with Gasteiger partial charge >= 0.3 is 5.97 Å². The summed E-state index contributed by atoms with van der Waals surface area (Å²) in [6.07, 6.45) is 12.0. The predicted molar refractivity (Wildman–Crippen MR) is 268 cm³/mol. The molecule has 0 radical (unpaired) electrons. The second-order valence-corrected chi connectivity index (χ2v) is 18.7. The van der Waals surface area contributed by atoms with Crippen molar-refractivity contribution in [3.05, 3.63) is 64.8 Å². The number of aromatic hydroxyl groups is 1. The Labute approximate surface area is 401 Å². The van der Waals surface area contributed by atoms with Crippen molar-refractivity contribution in [2.45, 2.75) is 155 Å². The number of thioether (sulfide) groups is 1. The minimum atomic E-state index is -1.33. The van der Waals surface area contributed by atoms with Gasteiger partial charge in [0.25, 0.3) is 0 Å². The van der Waals surface area contributed by atoms with Gasteiger partial charge in [-0.15, -0.1) is 0 Å². The van der Waals surface area contributed by atoms with E-state index in [0.29, 0.717) is 37.1 Å². The molecule has 1 aromatic carbocycles. The number of carbonyl (C=O) groups is 6. The Bertz CT molecular complexity index is 1850. The third kappa shape index (κ3) is 27.1. The molecule has 6 atom stereocenters. The van der Waals surface area contributed by atoms with Crippen LogP contribution in [0.25, 0.3) is 0 Å². The average Bonchev–Trinajstić information content (AvgIpc) is 3.25. The maximum Gasteiger partial charge on any atom is 0.327 e.